The molecule has 2 aromatic carbocycles. The number of benzene rings is 2. The summed E-state index contributed by atoms with van der Waals surface area (Å²) >= 11 is 5.99. The first-order valence-corrected chi connectivity index (χ1v) is 10.7. The van der Waals surface area contributed by atoms with Crippen molar-refractivity contribution >= 4 is 39.1 Å². The maximum atomic E-state index is 13.1. The third-order valence-corrected chi connectivity index (χ3v) is 6.90. The molecule has 10 heteroatoms. The van der Waals surface area contributed by atoms with E-state index in [2.05, 4.69) is 5.32 Å². The SMILES string of the molecule is NC(=O)c1ccc(NC(=O)C2CCCN(S(=O)(=O)c3ccc(F)cc3)C2)cc1Cl. The summed E-state index contributed by atoms with van der Waals surface area (Å²) in [5.74, 6) is -2.12. The Bertz CT molecular complexity index is 1040. The molecule has 0 saturated carbocycles. The molecule has 0 spiro atoms. The number of carbonyl (C=O) groups is 2. The topological polar surface area (TPSA) is 110 Å². The molecule has 0 aliphatic carbocycles. The summed E-state index contributed by atoms with van der Waals surface area (Å²) in [6.07, 6.45) is 1.04. The van der Waals surface area contributed by atoms with Gasteiger partial charge in [0.25, 0.3) is 0 Å². The van der Waals surface area contributed by atoms with Crippen LogP contribution in [0.15, 0.2) is 47.4 Å². The zero-order valence-corrected chi connectivity index (χ0v) is 16.8. The van der Waals surface area contributed by atoms with Crippen molar-refractivity contribution in [2.24, 2.45) is 11.7 Å². The minimum absolute atomic E-state index is 0.0125. The number of anilines is 1. The minimum Gasteiger partial charge on any atom is -0.366 e. The highest BCUT2D eigenvalue weighted by molar-refractivity contribution is 7.89. The molecular formula is C19H19ClFN3O4S. The molecule has 1 aliphatic rings. The third kappa shape index (κ3) is 4.75. The van der Waals surface area contributed by atoms with Crippen LogP contribution >= 0.6 is 11.6 Å². The monoisotopic (exact) mass is 439 g/mol. The van der Waals surface area contributed by atoms with Gasteiger partial charge in [-0.05, 0) is 55.3 Å². The van der Waals surface area contributed by atoms with Gasteiger partial charge >= 0.3 is 0 Å². The van der Waals surface area contributed by atoms with E-state index in [4.69, 9.17) is 17.3 Å². The Kier molecular flexibility index (Phi) is 6.21. The lowest BCUT2D eigenvalue weighted by atomic mass is 9.98. The fourth-order valence-electron chi connectivity index (χ4n) is 3.17. The second-order valence-corrected chi connectivity index (χ2v) is 9.05. The Balaban J connectivity index is 1.71. The first-order valence-electron chi connectivity index (χ1n) is 8.84. The number of rotatable bonds is 5. The van der Waals surface area contributed by atoms with Crippen LogP contribution in [0.2, 0.25) is 5.02 Å². The molecule has 2 amide bonds. The molecule has 1 aliphatic heterocycles. The van der Waals surface area contributed by atoms with Gasteiger partial charge in [-0.15, -0.1) is 0 Å². The van der Waals surface area contributed by atoms with E-state index in [0.29, 0.717) is 18.5 Å². The average molecular weight is 440 g/mol. The summed E-state index contributed by atoms with van der Waals surface area (Å²) in [5, 5.41) is 2.80. The van der Waals surface area contributed by atoms with Crippen molar-refractivity contribution < 1.29 is 22.4 Å². The van der Waals surface area contributed by atoms with Gasteiger partial charge in [0, 0.05) is 18.8 Å². The summed E-state index contributed by atoms with van der Waals surface area (Å²) in [4.78, 5) is 23.9. The zero-order chi connectivity index (χ0) is 21.2. The van der Waals surface area contributed by atoms with E-state index in [1.165, 1.54) is 34.6 Å². The van der Waals surface area contributed by atoms with Crippen molar-refractivity contribution in [3.8, 4) is 0 Å². The van der Waals surface area contributed by atoms with Crippen molar-refractivity contribution in [1.29, 1.82) is 0 Å². The Morgan fingerprint density at radius 3 is 2.48 bits per heavy atom. The highest BCUT2D eigenvalue weighted by Gasteiger charge is 2.33. The third-order valence-electron chi connectivity index (χ3n) is 4.71. The van der Waals surface area contributed by atoms with Gasteiger partial charge in [-0.2, -0.15) is 4.31 Å². The van der Waals surface area contributed by atoms with E-state index in [9.17, 15) is 22.4 Å². The lowest BCUT2D eigenvalue weighted by Gasteiger charge is -2.31. The molecule has 29 heavy (non-hydrogen) atoms. The second kappa shape index (κ2) is 8.48. The summed E-state index contributed by atoms with van der Waals surface area (Å²) in [6, 6.07) is 8.90. The van der Waals surface area contributed by atoms with E-state index in [-0.39, 0.29) is 34.5 Å². The number of primary amides is 1. The van der Waals surface area contributed by atoms with Crippen molar-refractivity contribution in [2.45, 2.75) is 17.7 Å². The summed E-state index contributed by atoms with van der Waals surface area (Å²) in [7, 11) is -3.83. The van der Waals surface area contributed by atoms with E-state index in [1.807, 2.05) is 0 Å². The minimum atomic E-state index is -3.83. The van der Waals surface area contributed by atoms with E-state index < -0.39 is 27.7 Å². The molecule has 2 aromatic rings. The first kappa shape index (κ1) is 21.2. The molecule has 3 N–H and O–H groups in total. The van der Waals surface area contributed by atoms with Crippen LogP contribution in [0.4, 0.5) is 10.1 Å². The quantitative estimate of drug-likeness (QED) is 0.746. The fourth-order valence-corrected chi connectivity index (χ4v) is 4.96. The van der Waals surface area contributed by atoms with Crippen LogP contribution in [0, 0.1) is 11.7 Å². The number of piperidine rings is 1. The molecule has 1 saturated heterocycles. The van der Waals surface area contributed by atoms with Gasteiger partial charge in [0.1, 0.15) is 5.82 Å². The average Bonchev–Trinajstić information content (AvgIpc) is 2.68. The lowest BCUT2D eigenvalue weighted by Crippen LogP contribution is -2.43. The normalized spacial score (nSPS) is 17.7. The van der Waals surface area contributed by atoms with Gasteiger partial charge in [0.15, 0.2) is 0 Å². The van der Waals surface area contributed by atoms with Gasteiger partial charge in [-0.3, -0.25) is 9.59 Å². The van der Waals surface area contributed by atoms with Crippen LogP contribution in [-0.2, 0) is 14.8 Å². The molecule has 1 unspecified atom stereocenters. The number of hydrogen-bond donors (Lipinski definition) is 2. The molecular weight excluding hydrogens is 421 g/mol. The molecule has 154 valence electrons. The fraction of sp³-hybridized carbons (Fsp3) is 0.263. The predicted octanol–water partition coefficient (Wildman–Crippen LogP) is 2.62. The molecule has 1 fully saturated rings. The number of hydrogen-bond acceptors (Lipinski definition) is 4. The Morgan fingerprint density at radius 2 is 1.86 bits per heavy atom. The van der Waals surface area contributed by atoms with Gasteiger partial charge in [0.2, 0.25) is 21.8 Å². The number of amides is 2. The van der Waals surface area contributed by atoms with E-state index in [1.54, 1.807) is 0 Å². The second-order valence-electron chi connectivity index (χ2n) is 6.70. The van der Waals surface area contributed by atoms with Gasteiger partial charge in [-0.1, -0.05) is 11.6 Å². The molecule has 0 radical (unpaired) electrons. The maximum absolute atomic E-state index is 13.1. The number of carbonyl (C=O) groups excluding carboxylic acids is 2. The molecule has 1 atom stereocenters. The van der Waals surface area contributed by atoms with Crippen molar-refractivity contribution in [2.75, 3.05) is 18.4 Å². The van der Waals surface area contributed by atoms with Gasteiger partial charge < -0.3 is 11.1 Å². The van der Waals surface area contributed by atoms with Crippen LogP contribution in [0.25, 0.3) is 0 Å². The van der Waals surface area contributed by atoms with Crippen molar-refractivity contribution in [3.63, 3.8) is 0 Å². The van der Waals surface area contributed by atoms with Gasteiger partial charge in [0.05, 0.1) is 21.4 Å². The van der Waals surface area contributed by atoms with Gasteiger partial charge in [-0.25, -0.2) is 12.8 Å². The lowest BCUT2D eigenvalue weighted by molar-refractivity contribution is -0.120. The molecule has 3 rings (SSSR count). The largest absolute Gasteiger partial charge is 0.366 e. The standard InChI is InChI=1S/C19H19ClFN3O4S/c20-17-10-14(5-8-16(17)18(22)25)23-19(26)12-2-1-9-24(11-12)29(27,28)15-6-3-13(21)4-7-15/h3-8,10,12H,1-2,9,11H2,(H2,22,25)(H,23,26). The first-order chi connectivity index (χ1) is 13.7. The highest BCUT2D eigenvalue weighted by atomic mass is 35.5. The maximum Gasteiger partial charge on any atom is 0.250 e. The number of nitrogens with zero attached hydrogens (tertiary/aromatic N) is 1. The number of nitrogens with two attached hydrogens (primary N) is 1. The summed E-state index contributed by atoms with van der Waals surface area (Å²) < 4.78 is 39.9. The highest BCUT2D eigenvalue weighted by Crippen LogP contribution is 2.26. The summed E-state index contributed by atoms with van der Waals surface area (Å²) in [6.45, 7) is 0.293. The zero-order valence-electron chi connectivity index (χ0n) is 15.3. The predicted molar refractivity (Wildman–Crippen MR) is 106 cm³/mol. The molecule has 0 bridgehead atoms. The van der Waals surface area contributed by atoms with Crippen molar-refractivity contribution in [3.05, 3.63) is 58.9 Å². The smallest absolute Gasteiger partial charge is 0.250 e. The Morgan fingerprint density at radius 1 is 1.17 bits per heavy atom. The number of nitrogens with one attached hydrogen (secondary N) is 1. The molecule has 7 nitrogen and oxygen atoms in total. The van der Waals surface area contributed by atoms with Crippen LogP contribution in [-0.4, -0.2) is 37.6 Å². The van der Waals surface area contributed by atoms with Crippen LogP contribution in [0.5, 0.6) is 0 Å². The number of sulfonamides is 1. The van der Waals surface area contributed by atoms with E-state index in [0.717, 1.165) is 12.1 Å². The summed E-state index contributed by atoms with van der Waals surface area (Å²) in [5.41, 5.74) is 5.72. The Hall–Kier alpha value is -2.49. The molecule has 1 heterocycles. The van der Waals surface area contributed by atoms with E-state index >= 15 is 0 Å². The van der Waals surface area contributed by atoms with Crippen LogP contribution < -0.4 is 11.1 Å². The number of halogens is 2. The Labute approximate surface area is 172 Å². The van der Waals surface area contributed by atoms with Crippen LogP contribution in [0.3, 0.4) is 0 Å². The molecule has 0 aromatic heterocycles. The van der Waals surface area contributed by atoms with Crippen LogP contribution in [0.1, 0.15) is 23.2 Å². The van der Waals surface area contributed by atoms with Crippen molar-refractivity contribution in [1.82, 2.24) is 4.31 Å².